The number of nitrogens with one attached hydrogen (secondary N) is 1. The monoisotopic (exact) mass is 291 g/mol. The molecule has 0 saturated heterocycles. The number of hydrogen-bond donors (Lipinski definition) is 1. The Kier molecular flexibility index (Phi) is 4.48. The van der Waals surface area contributed by atoms with E-state index in [9.17, 15) is 4.79 Å². The molecule has 0 aliphatic carbocycles. The molecule has 0 unspecified atom stereocenters. The zero-order chi connectivity index (χ0) is 14.5. The highest BCUT2D eigenvalue weighted by Gasteiger charge is 2.10. The Morgan fingerprint density at radius 3 is 2.60 bits per heavy atom. The van der Waals surface area contributed by atoms with Crippen LogP contribution in [0.1, 0.15) is 5.56 Å². The Labute approximate surface area is 122 Å². The standard InChI is InChI=1S/C15H14ClNO3/c1-10-9-11(16)7-8-13(10)20-15(18)17-12-5-3-4-6-14(12)19-2/h3-9H,1-2H3,(H,17,18). The summed E-state index contributed by atoms with van der Waals surface area (Å²) in [4.78, 5) is 11.9. The first-order valence-electron chi connectivity index (χ1n) is 5.98. The molecule has 20 heavy (non-hydrogen) atoms. The summed E-state index contributed by atoms with van der Waals surface area (Å²) >= 11 is 5.85. The average molecular weight is 292 g/mol. The number of para-hydroxylation sites is 2. The van der Waals surface area contributed by atoms with Gasteiger partial charge in [-0.2, -0.15) is 0 Å². The van der Waals surface area contributed by atoms with Crippen LogP contribution in [0.15, 0.2) is 42.5 Å². The van der Waals surface area contributed by atoms with E-state index < -0.39 is 6.09 Å². The molecule has 0 atom stereocenters. The van der Waals surface area contributed by atoms with Gasteiger partial charge in [0.15, 0.2) is 0 Å². The van der Waals surface area contributed by atoms with Crippen LogP contribution in [0.2, 0.25) is 5.02 Å². The molecule has 2 aromatic rings. The highest BCUT2D eigenvalue weighted by atomic mass is 35.5. The molecule has 0 aromatic heterocycles. The lowest BCUT2D eigenvalue weighted by atomic mass is 10.2. The lowest BCUT2D eigenvalue weighted by Crippen LogP contribution is -2.17. The predicted molar refractivity (Wildman–Crippen MR) is 78.8 cm³/mol. The third kappa shape index (κ3) is 3.42. The van der Waals surface area contributed by atoms with Crippen LogP contribution in [0.4, 0.5) is 10.5 Å². The van der Waals surface area contributed by atoms with Crippen LogP contribution >= 0.6 is 11.6 Å². The van der Waals surface area contributed by atoms with Crippen molar-refractivity contribution in [1.29, 1.82) is 0 Å². The quantitative estimate of drug-likeness (QED) is 0.919. The molecular formula is C15H14ClNO3. The Hall–Kier alpha value is -2.20. The van der Waals surface area contributed by atoms with Crippen LogP contribution in [0, 0.1) is 6.92 Å². The van der Waals surface area contributed by atoms with E-state index in [-0.39, 0.29) is 0 Å². The Balaban J connectivity index is 2.09. The minimum atomic E-state index is -0.583. The Morgan fingerprint density at radius 1 is 1.15 bits per heavy atom. The Bertz CT molecular complexity index is 628. The maximum Gasteiger partial charge on any atom is 0.417 e. The average Bonchev–Trinajstić information content (AvgIpc) is 2.42. The van der Waals surface area contributed by atoms with Gasteiger partial charge in [0.1, 0.15) is 11.5 Å². The molecule has 2 rings (SSSR count). The van der Waals surface area contributed by atoms with Crippen LogP contribution in [0.3, 0.4) is 0 Å². The molecule has 0 saturated carbocycles. The van der Waals surface area contributed by atoms with Crippen molar-refractivity contribution < 1.29 is 14.3 Å². The van der Waals surface area contributed by atoms with Gasteiger partial charge in [-0.3, -0.25) is 5.32 Å². The molecule has 0 fully saturated rings. The molecule has 2 aromatic carbocycles. The van der Waals surface area contributed by atoms with Gasteiger partial charge in [-0.05, 0) is 42.8 Å². The fourth-order valence-electron chi connectivity index (χ4n) is 1.71. The summed E-state index contributed by atoms with van der Waals surface area (Å²) in [7, 11) is 1.54. The number of hydrogen-bond acceptors (Lipinski definition) is 3. The molecule has 0 heterocycles. The number of ether oxygens (including phenoxy) is 2. The van der Waals surface area contributed by atoms with Crippen molar-refractivity contribution in [3.63, 3.8) is 0 Å². The number of methoxy groups -OCH3 is 1. The number of rotatable bonds is 3. The predicted octanol–water partition coefficient (Wildman–Crippen LogP) is 4.27. The van der Waals surface area contributed by atoms with Crippen molar-refractivity contribution in [3.05, 3.63) is 53.1 Å². The van der Waals surface area contributed by atoms with Crippen LogP contribution < -0.4 is 14.8 Å². The molecule has 4 nitrogen and oxygen atoms in total. The van der Waals surface area contributed by atoms with E-state index in [1.807, 2.05) is 13.0 Å². The van der Waals surface area contributed by atoms with Crippen LogP contribution in [0.5, 0.6) is 11.5 Å². The second-order valence-electron chi connectivity index (χ2n) is 4.12. The van der Waals surface area contributed by atoms with Gasteiger partial charge in [-0.25, -0.2) is 4.79 Å². The molecule has 0 bridgehead atoms. The van der Waals surface area contributed by atoms with E-state index in [4.69, 9.17) is 21.1 Å². The minimum absolute atomic E-state index is 0.460. The van der Waals surface area contributed by atoms with Gasteiger partial charge in [0, 0.05) is 5.02 Å². The largest absolute Gasteiger partial charge is 0.495 e. The van der Waals surface area contributed by atoms with Crippen molar-refractivity contribution in [2.75, 3.05) is 12.4 Å². The van der Waals surface area contributed by atoms with Crippen LogP contribution in [-0.2, 0) is 0 Å². The van der Waals surface area contributed by atoms with Gasteiger partial charge in [-0.1, -0.05) is 23.7 Å². The second-order valence-corrected chi connectivity index (χ2v) is 4.56. The van der Waals surface area contributed by atoms with E-state index in [0.717, 1.165) is 5.56 Å². The van der Waals surface area contributed by atoms with Crippen molar-refractivity contribution >= 4 is 23.4 Å². The fraction of sp³-hybridized carbons (Fsp3) is 0.133. The highest BCUT2D eigenvalue weighted by molar-refractivity contribution is 6.30. The second kappa shape index (κ2) is 6.30. The first kappa shape index (κ1) is 14.2. The van der Waals surface area contributed by atoms with E-state index in [2.05, 4.69) is 5.32 Å². The minimum Gasteiger partial charge on any atom is -0.495 e. The maximum atomic E-state index is 11.9. The van der Waals surface area contributed by atoms with E-state index in [1.165, 1.54) is 7.11 Å². The van der Waals surface area contributed by atoms with Gasteiger partial charge < -0.3 is 9.47 Å². The SMILES string of the molecule is COc1ccccc1NC(=O)Oc1ccc(Cl)cc1C. The number of halogens is 1. The molecule has 0 spiro atoms. The smallest absolute Gasteiger partial charge is 0.417 e. The molecular weight excluding hydrogens is 278 g/mol. The maximum absolute atomic E-state index is 11.9. The van der Waals surface area contributed by atoms with Gasteiger partial charge in [0.05, 0.1) is 12.8 Å². The highest BCUT2D eigenvalue weighted by Crippen LogP contribution is 2.25. The van der Waals surface area contributed by atoms with E-state index in [0.29, 0.717) is 22.2 Å². The van der Waals surface area contributed by atoms with Crippen molar-refractivity contribution in [3.8, 4) is 11.5 Å². The summed E-state index contributed by atoms with van der Waals surface area (Å²) in [5.41, 5.74) is 1.33. The Morgan fingerprint density at radius 2 is 1.90 bits per heavy atom. The number of carbonyl (C=O) groups is 1. The lowest BCUT2D eigenvalue weighted by molar-refractivity contribution is 0.214. The van der Waals surface area contributed by atoms with Gasteiger partial charge >= 0.3 is 6.09 Å². The number of aryl methyl sites for hydroxylation is 1. The normalized spacial score (nSPS) is 9.95. The van der Waals surface area contributed by atoms with E-state index in [1.54, 1.807) is 36.4 Å². The van der Waals surface area contributed by atoms with Gasteiger partial charge in [0.2, 0.25) is 0 Å². The summed E-state index contributed by atoms with van der Waals surface area (Å²) in [6.45, 7) is 1.82. The molecule has 1 N–H and O–H groups in total. The molecule has 5 heteroatoms. The topological polar surface area (TPSA) is 47.6 Å². The summed E-state index contributed by atoms with van der Waals surface area (Å²) < 4.78 is 10.4. The summed E-state index contributed by atoms with van der Waals surface area (Å²) in [5, 5.41) is 3.23. The molecule has 1 amide bonds. The summed E-state index contributed by atoms with van der Waals surface area (Å²) in [6, 6.07) is 12.1. The van der Waals surface area contributed by atoms with Crippen LogP contribution in [-0.4, -0.2) is 13.2 Å². The number of amides is 1. The third-order valence-corrected chi connectivity index (χ3v) is 2.92. The van der Waals surface area contributed by atoms with E-state index >= 15 is 0 Å². The number of anilines is 1. The van der Waals surface area contributed by atoms with Crippen molar-refractivity contribution in [1.82, 2.24) is 0 Å². The number of carbonyl (C=O) groups excluding carboxylic acids is 1. The van der Waals surface area contributed by atoms with Crippen molar-refractivity contribution in [2.24, 2.45) is 0 Å². The molecule has 0 aliphatic rings. The zero-order valence-electron chi connectivity index (χ0n) is 11.1. The zero-order valence-corrected chi connectivity index (χ0v) is 11.9. The lowest BCUT2D eigenvalue weighted by Gasteiger charge is -2.11. The molecule has 0 aliphatic heterocycles. The summed E-state index contributed by atoms with van der Waals surface area (Å²) in [5.74, 6) is 1.03. The first-order valence-corrected chi connectivity index (χ1v) is 6.36. The molecule has 0 radical (unpaired) electrons. The number of benzene rings is 2. The van der Waals surface area contributed by atoms with Crippen molar-refractivity contribution in [2.45, 2.75) is 6.92 Å². The molecule has 104 valence electrons. The third-order valence-electron chi connectivity index (χ3n) is 2.68. The van der Waals surface area contributed by atoms with Gasteiger partial charge in [-0.15, -0.1) is 0 Å². The van der Waals surface area contributed by atoms with Gasteiger partial charge in [0.25, 0.3) is 0 Å². The van der Waals surface area contributed by atoms with Crippen LogP contribution in [0.25, 0.3) is 0 Å². The summed E-state index contributed by atoms with van der Waals surface area (Å²) in [6.07, 6.45) is -0.583. The first-order chi connectivity index (χ1) is 9.60. The fourth-order valence-corrected chi connectivity index (χ4v) is 1.94.